The van der Waals surface area contributed by atoms with Crippen LogP contribution in [-0.4, -0.2) is 0 Å². The van der Waals surface area contributed by atoms with Gasteiger partial charge >= 0.3 is 0 Å². The van der Waals surface area contributed by atoms with Gasteiger partial charge in [-0.15, -0.1) is 0 Å². The van der Waals surface area contributed by atoms with Crippen molar-refractivity contribution in [1.82, 2.24) is 0 Å². The van der Waals surface area contributed by atoms with Crippen LogP contribution < -0.4 is 0 Å². The largest absolute Gasteiger partial charge is 0.0850 e. The maximum atomic E-state index is 2.55. The molecule has 0 aromatic rings. The van der Waals surface area contributed by atoms with E-state index in [1.165, 1.54) is 44.9 Å². The Balaban J connectivity index is 1.79. The molecule has 0 radical (unpaired) electrons. The molecule has 3 rings (SSSR count). The van der Waals surface area contributed by atoms with Gasteiger partial charge in [-0.2, -0.15) is 0 Å². The van der Waals surface area contributed by atoms with Crippen LogP contribution >= 0.6 is 0 Å². The fraction of sp³-hybridized carbons (Fsp3) is 0.692. The van der Waals surface area contributed by atoms with Crippen molar-refractivity contribution >= 4 is 0 Å². The molecule has 0 heteroatoms. The second kappa shape index (κ2) is 3.01. The Labute approximate surface area is 80.7 Å². The van der Waals surface area contributed by atoms with Gasteiger partial charge in [-0.25, -0.2) is 0 Å². The third kappa shape index (κ3) is 1.27. The first-order valence-corrected chi connectivity index (χ1v) is 5.80. The van der Waals surface area contributed by atoms with Crippen molar-refractivity contribution in [2.24, 2.45) is 11.8 Å². The number of hydrogen-bond donors (Lipinski definition) is 0. The third-order valence-corrected chi connectivity index (χ3v) is 4.09. The molecule has 0 nitrogen and oxygen atoms in total. The van der Waals surface area contributed by atoms with E-state index in [1.807, 2.05) is 5.57 Å². The van der Waals surface area contributed by atoms with Gasteiger partial charge in [0.25, 0.3) is 0 Å². The van der Waals surface area contributed by atoms with Crippen LogP contribution in [0, 0.1) is 11.8 Å². The monoisotopic (exact) mass is 174 g/mol. The van der Waals surface area contributed by atoms with Gasteiger partial charge < -0.3 is 0 Å². The minimum atomic E-state index is 0.972. The summed E-state index contributed by atoms with van der Waals surface area (Å²) in [6.07, 6.45) is 14.9. The number of hydrogen-bond acceptors (Lipinski definition) is 0. The third-order valence-electron chi connectivity index (χ3n) is 4.09. The van der Waals surface area contributed by atoms with Crippen LogP contribution in [0.1, 0.15) is 44.9 Å². The van der Waals surface area contributed by atoms with Gasteiger partial charge in [0.1, 0.15) is 0 Å². The highest BCUT2D eigenvalue weighted by Crippen LogP contribution is 2.48. The zero-order valence-corrected chi connectivity index (χ0v) is 8.26. The van der Waals surface area contributed by atoms with E-state index in [0.717, 1.165) is 11.8 Å². The predicted octanol–water partition coefficient (Wildman–Crippen LogP) is 3.84. The lowest BCUT2D eigenvalue weighted by molar-refractivity contribution is 0.423. The molecule has 0 amide bonds. The second-order valence-electron chi connectivity index (χ2n) is 4.90. The highest BCUT2D eigenvalue weighted by Gasteiger charge is 2.35. The fourth-order valence-electron chi connectivity index (χ4n) is 3.38. The summed E-state index contributed by atoms with van der Waals surface area (Å²) in [5, 5.41) is 0. The molecule has 2 atom stereocenters. The van der Waals surface area contributed by atoms with E-state index in [1.54, 1.807) is 5.57 Å². The molecule has 2 unspecified atom stereocenters. The van der Waals surface area contributed by atoms with Gasteiger partial charge in [0, 0.05) is 0 Å². The summed E-state index contributed by atoms with van der Waals surface area (Å²) >= 11 is 0. The van der Waals surface area contributed by atoms with E-state index in [4.69, 9.17) is 0 Å². The van der Waals surface area contributed by atoms with Crippen LogP contribution in [0.15, 0.2) is 23.3 Å². The maximum absolute atomic E-state index is 2.55. The van der Waals surface area contributed by atoms with Gasteiger partial charge in [-0.3, -0.25) is 0 Å². The summed E-state index contributed by atoms with van der Waals surface area (Å²) in [7, 11) is 0. The molecule has 3 aliphatic rings. The molecule has 0 aromatic carbocycles. The van der Waals surface area contributed by atoms with Crippen LogP contribution in [0.4, 0.5) is 0 Å². The van der Waals surface area contributed by atoms with E-state index >= 15 is 0 Å². The quantitative estimate of drug-likeness (QED) is 0.530. The molecule has 0 spiro atoms. The Morgan fingerprint density at radius 3 is 2.69 bits per heavy atom. The van der Waals surface area contributed by atoms with E-state index in [-0.39, 0.29) is 0 Å². The van der Waals surface area contributed by atoms with E-state index in [0.29, 0.717) is 0 Å². The summed E-state index contributed by atoms with van der Waals surface area (Å²) in [5.74, 6) is 1.99. The van der Waals surface area contributed by atoms with Gasteiger partial charge in [0.2, 0.25) is 0 Å². The molecule has 0 saturated heterocycles. The molecule has 13 heavy (non-hydrogen) atoms. The molecule has 3 aliphatic carbocycles. The molecule has 1 fully saturated rings. The first kappa shape index (κ1) is 7.84. The van der Waals surface area contributed by atoms with Gasteiger partial charge in [0.15, 0.2) is 0 Å². The SMILES string of the molecule is C1=C2CC(C1)C(C1=CCCCC1)C2. The minimum Gasteiger partial charge on any atom is -0.0850 e. The van der Waals surface area contributed by atoms with Crippen molar-refractivity contribution in [3.63, 3.8) is 0 Å². The predicted molar refractivity (Wildman–Crippen MR) is 55.5 cm³/mol. The highest BCUT2D eigenvalue weighted by molar-refractivity contribution is 5.26. The summed E-state index contributed by atoms with van der Waals surface area (Å²) in [6, 6.07) is 0. The number of allylic oxidation sites excluding steroid dienone is 4. The number of fused-ring (bicyclic) bond motifs is 2. The van der Waals surface area contributed by atoms with Gasteiger partial charge in [0.05, 0.1) is 0 Å². The zero-order chi connectivity index (χ0) is 8.67. The van der Waals surface area contributed by atoms with Gasteiger partial charge in [-0.05, 0) is 56.8 Å². The highest BCUT2D eigenvalue weighted by atomic mass is 14.4. The van der Waals surface area contributed by atoms with Crippen molar-refractivity contribution in [1.29, 1.82) is 0 Å². The minimum absolute atomic E-state index is 0.972. The molecule has 0 aromatic heterocycles. The molecule has 0 aliphatic heterocycles. The van der Waals surface area contributed by atoms with Crippen molar-refractivity contribution in [2.45, 2.75) is 44.9 Å². The molecular formula is C13H18. The average Bonchev–Trinajstić information content (AvgIpc) is 2.80. The first-order valence-electron chi connectivity index (χ1n) is 5.80. The van der Waals surface area contributed by atoms with Crippen LogP contribution in [0.25, 0.3) is 0 Å². The summed E-state index contributed by atoms with van der Waals surface area (Å²) in [4.78, 5) is 0. The number of rotatable bonds is 1. The first-order chi connectivity index (χ1) is 6.43. The maximum Gasteiger partial charge on any atom is -0.0132 e. The standard InChI is InChI=1S/C13H18/c1-2-4-11(5-3-1)13-9-10-6-7-12(13)8-10/h4,6,12-13H,1-3,5,7-9H2. The smallest absolute Gasteiger partial charge is 0.0132 e. The Bertz CT molecular complexity index is 270. The lowest BCUT2D eigenvalue weighted by Gasteiger charge is -2.24. The van der Waals surface area contributed by atoms with E-state index < -0.39 is 0 Å². The van der Waals surface area contributed by atoms with Crippen molar-refractivity contribution in [3.8, 4) is 0 Å². The molecule has 0 heterocycles. The zero-order valence-electron chi connectivity index (χ0n) is 8.26. The molecule has 1 saturated carbocycles. The fourth-order valence-corrected chi connectivity index (χ4v) is 3.38. The van der Waals surface area contributed by atoms with Crippen LogP contribution in [0.2, 0.25) is 0 Å². The Morgan fingerprint density at radius 1 is 1.08 bits per heavy atom. The van der Waals surface area contributed by atoms with Crippen molar-refractivity contribution in [3.05, 3.63) is 23.3 Å². The van der Waals surface area contributed by atoms with Crippen molar-refractivity contribution < 1.29 is 0 Å². The summed E-state index contributed by atoms with van der Waals surface area (Å²) in [6.45, 7) is 0. The lowest BCUT2D eigenvalue weighted by Crippen LogP contribution is -2.12. The van der Waals surface area contributed by atoms with Gasteiger partial charge in [-0.1, -0.05) is 23.3 Å². The Morgan fingerprint density at radius 2 is 2.08 bits per heavy atom. The summed E-state index contributed by atoms with van der Waals surface area (Å²) in [5.41, 5.74) is 3.58. The van der Waals surface area contributed by atoms with Crippen molar-refractivity contribution in [2.75, 3.05) is 0 Å². The average molecular weight is 174 g/mol. The molecule has 70 valence electrons. The molecular weight excluding hydrogens is 156 g/mol. The van der Waals surface area contributed by atoms with Crippen LogP contribution in [-0.2, 0) is 0 Å². The molecule has 0 N–H and O–H groups in total. The summed E-state index contributed by atoms with van der Waals surface area (Å²) < 4.78 is 0. The van der Waals surface area contributed by atoms with Crippen LogP contribution in [0.3, 0.4) is 0 Å². The Hall–Kier alpha value is -0.520. The normalized spacial score (nSPS) is 37.5. The second-order valence-corrected chi connectivity index (χ2v) is 4.90. The van der Waals surface area contributed by atoms with E-state index in [9.17, 15) is 0 Å². The van der Waals surface area contributed by atoms with E-state index in [2.05, 4.69) is 12.2 Å². The Kier molecular flexibility index (Phi) is 1.81. The van der Waals surface area contributed by atoms with Crippen LogP contribution in [0.5, 0.6) is 0 Å². The molecule has 2 bridgehead atoms. The topological polar surface area (TPSA) is 0 Å². The lowest BCUT2D eigenvalue weighted by atomic mass is 9.81.